The second-order valence-corrected chi connectivity index (χ2v) is 3.81. The van der Waals surface area contributed by atoms with E-state index < -0.39 is 11.6 Å². The van der Waals surface area contributed by atoms with Crippen LogP contribution >= 0.6 is 11.6 Å². The fraction of sp³-hybridized carbons (Fsp3) is 0.200. The summed E-state index contributed by atoms with van der Waals surface area (Å²) in [5, 5.41) is 6.61. The summed E-state index contributed by atoms with van der Waals surface area (Å²) in [7, 11) is 1.71. The van der Waals surface area contributed by atoms with Crippen molar-refractivity contribution in [2.45, 2.75) is 6.54 Å². The smallest absolute Gasteiger partial charge is 0.150 e. The Balaban J connectivity index is 2.17. The van der Waals surface area contributed by atoms with E-state index in [9.17, 15) is 8.78 Å². The van der Waals surface area contributed by atoms with Crippen LogP contribution in [0.4, 0.5) is 14.5 Å². The van der Waals surface area contributed by atoms with Gasteiger partial charge in [0.15, 0.2) is 5.82 Å². The molecule has 0 aliphatic rings. The molecule has 1 heterocycles. The number of benzene rings is 1. The highest BCUT2D eigenvalue weighted by Gasteiger charge is 2.10. The van der Waals surface area contributed by atoms with Crippen molar-refractivity contribution in [3.63, 3.8) is 0 Å². The summed E-state index contributed by atoms with van der Waals surface area (Å²) in [6.45, 7) is 0.249. The quantitative estimate of drug-likeness (QED) is 0.919. The maximum atomic E-state index is 13.4. The molecule has 90 valence electrons. The Labute approximate surface area is 101 Å². The van der Waals surface area contributed by atoms with Gasteiger partial charge in [-0.05, 0) is 6.07 Å². The first-order valence-electron chi connectivity index (χ1n) is 4.79. The molecule has 0 aliphatic heterocycles. The maximum Gasteiger partial charge on any atom is 0.150 e. The fourth-order valence-electron chi connectivity index (χ4n) is 1.36. The second kappa shape index (κ2) is 4.67. The van der Waals surface area contributed by atoms with Crippen LogP contribution in [0, 0.1) is 11.6 Å². The van der Waals surface area contributed by atoms with Gasteiger partial charge in [0.2, 0.25) is 0 Å². The van der Waals surface area contributed by atoms with Crippen molar-refractivity contribution in [1.82, 2.24) is 14.8 Å². The van der Waals surface area contributed by atoms with E-state index in [1.165, 1.54) is 6.33 Å². The third kappa shape index (κ3) is 2.52. The standard InChI is InChI=1S/C10H9ClF2N4/c1-17-9(15-5-16-17)4-14-10-7(11)2-6(12)3-8(10)13/h2-3,5,14H,4H2,1H3. The molecule has 7 heteroatoms. The van der Waals surface area contributed by atoms with Crippen molar-refractivity contribution in [2.24, 2.45) is 7.05 Å². The molecule has 0 saturated carbocycles. The lowest BCUT2D eigenvalue weighted by atomic mass is 10.3. The molecule has 0 amide bonds. The van der Waals surface area contributed by atoms with E-state index in [0.717, 1.165) is 12.1 Å². The zero-order valence-corrected chi connectivity index (χ0v) is 9.67. The van der Waals surface area contributed by atoms with Gasteiger partial charge in [0, 0.05) is 13.1 Å². The molecule has 0 saturated heterocycles. The van der Waals surface area contributed by atoms with Gasteiger partial charge < -0.3 is 5.32 Å². The Hall–Kier alpha value is -1.69. The Morgan fingerprint density at radius 3 is 2.76 bits per heavy atom. The summed E-state index contributed by atoms with van der Waals surface area (Å²) in [5.74, 6) is -0.835. The second-order valence-electron chi connectivity index (χ2n) is 3.40. The summed E-state index contributed by atoms with van der Waals surface area (Å²) in [6.07, 6.45) is 1.39. The molecule has 1 aromatic carbocycles. The van der Waals surface area contributed by atoms with Crippen LogP contribution in [0.3, 0.4) is 0 Å². The lowest BCUT2D eigenvalue weighted by molar-refractivity contribution is 0.584. The Kier molecular flexibility index (Phi) is 3.23. The third-order valence-electron chi connectivity index (χ3n) is 2.24. The number of hydrogen-bond donors (Lipinski definition) is 1. The zero-order valence-electron chi connectivity index (χ0n) is 8.91. The number of hydrogen-bond acceptors (Lipinski definition) is 3. The summed E-state index contributed by atoms with van der Waals surface area (Å²) in [6, 6.07) is 1.81. The molecule has 0 unspecified atom stereocenters. The number of aryl methyl sites for hydroxylation is 1. The Bertz CT molecular complexity index is 518. The van der Waals surface area contributed by atoms with Gasteiger partial charge in [-0.15, -0.1) is 0 Å². The molecule has 2 aromatic rings. The van der Waals surface area contributed by atoms with Crippen molar-refractivity contribution in [2.75, 3.05) is 5.32 Å². The van der Waals surface area contributed by atoms with Crippen LogP contribution in [-0.4, -0.2) is 14.8 Å². The molecule has 0 spiro atoms. The lowest BCUT2D eigenvalue weighted by Crippen LogP contribution is -2.08. The topological polar surface area (TPSA) is 42.7 Å². The molecule has 4 nitrogen and oxygen atoms in total. The molecule has 2 rings (SSSR count). The van der Waals surface area contributed by atoms with E-state index in [2.05, 4.69) is 15.4 Å². The third-order valence-corrected chi connectivity index (χ3v) is 2.53. The minimum atomic E-state index is -0.739. The highest BCUT2D eigenvalue weighted by atomic mass is 35.5. The monoisotopic (exact) mass is 258 g/mol. The molecule has 1 N–H and O–H groups in total. The van der Waals surface area contributed by atoms with Gasteiger partial charge in [0.25, 0.3) is 0 Å². The van der Waals surface area contributed by atoms with Crippen LogP contribution in [0.2, 0.25) is 5.02 Å². The molecular formula is C10H9ClF2N4. The minimum absolute atomic E-state index is 0.00957. The van der Waals surface area contributed by atoms with Gasteiger partial charge in [-0.25, -0.2) is 13.8 Å². The molecule has 17 heavy (non-hydrogen) atoms. The van der Waals surface area contributed by atoms with Crippen molar-refractivity contribution < 1.29 is 8.78 Å². The largest absolute Gasteiger partial charge is 0.374 e. The first-order valence-corrected chi connectivity index (χ1v) is 5.17. The first-order chi connectivity index (χ1) is 8.08. The van der Waals surface area contributed by atoms with E-state index in [1.54, 1.807) is 11.7 Å². The van der Waals surface area contributed by atoms with E-state index in [-0.39, 0.29) is 17.3 Å². The molecule has 0 fully saturated rings. The highest BCUT2D eigenvalue weighted by molar-refractivity contribution is 6.33. The van der Waals surface area contributed by atoms with Crippen LogP contribution in [0.25, 0.3) is 0 Å². The van der Waals surface area contributed by atoms with Gasteiger partial charge in [0.05, 0.1) is 17.3 Å². The van der Waals surface area contributed by atoms with E-state index >= 15 is 0 Å². The number of anilines is 1. The summed E-state index contributed by atoms with van der Waals surface area (Å²) < 4.78 is 27.8. The molecule has 0 aliphatic carbocycles. The number of aromatic nitrogens is 3. The molecule has 0 radical (unpaired) electrons. The molecule has 1 aromatic heterocycles. The van der Waals surface area contributed by atoms with E-state index in [4.69, 9.17) is 11.6 Å². The van der Waals surface area contributed by atoms with Crippen LogP contribution in [-0.2, 0) is 13.6 Å². The van der Waals surface area contributed by atoms with Crippen LogP contribution < -0.4 is 5.32 Å². The number of nitrogens with zero attached hydrogens (tertiary/aromatic N) is 3. The average Bonchev–Trinajstić information content (AvgIpc) is 2.62. The van der Waals surface area contributed by atoms with Crippen LogP contribution in [0.1, 0.15) is 5.82 Å². The fourth-order valence-corrected chi connectivity index (χ4v) is 1.62. The summed E-state index contributed by atoms with van der Waals surface area (Å²) >= 11 is 5.73. The van der Waals surface area contributed by atoms with Crippen molar-refractivity contribution in [1.29, 1.82) is 0 Å². The molecule has 0 atom stereocenters. The van der Waals surface area contributed by atoms with Crippen molar-refractivity contribution in [3.8, 4) is 0 Å². The number of nitrogens with one attached hydrogen (secondary N) is 1. The van der Waals surface area contributed by atoms with Crippen LogP contribution in [0.15, 0.2) is 18.5 Å². The van der Waals surface area contributed by atoms with Crippen molar-refractivity contribution in [3.05, 3.63) is 40.9 Å². The predicted octanol–water partition coefficient (Wildman–Crippen LogP) is 2.36. The van der Waals surface area contributed by atoms with Crippen LogP contribution in [0.5, 0.6) is 0 Å². The van der Waals surface area contributed by atoms with Gasteiger partial charge >= 0.3 is 0 Å². The zero-order chi connectivity index (χ0) is 12.4. The SMILES string of the molecule is Cn1ncnc1CNc1c(F)cc(F)cc1Cl. The molecule has 0 bridgehead atoms. The normalized spacial score (nSPS) is 10.6. The Morgan fingerprint density at radius 2 is 2.18 bits per heavy atom. The summed E-state index contributed by atoms with van der Waals surface area (Å²) in [4.78, 5) is 3.96. The minimum Gasteiger partial charge on any atom is -0.374 e. The maximum absolute atomic E-state index is 13.4. The van der Waals surface area contributed by atoms with Crippen molar-refractivity contribution >= 4 is 17.3 Å². The first kappa shape index (κ1) is 11.8. The average molecular weight is 259 g/mol. The van der Waals surface area contributed by atoms with Gasteiger partial charge in [-0.2, -0.15) is 5.10 Å². The van der Waals surface area contributed by atoms with Gasteiger partial charge in [-0.1, -0.05) is 11.6 Å². The molecular weight excluding hydrogens is 250 g/mol. The number of halogens is 3. The summed E-state index contributed by atoms with van der Waals surface area (Å²) in [5.41, 5.74) is 0.0519. The number of rotatable bonds is 3. The van der Waals surface area contributed by atoms with Gasteiger partial charge in [0.1, 0.15) is 18.0 Å². The van der Waals surface area contributed by atoms with E-state index in [1.807, 2.05) is 0 Å². The lowest BCUT2D eigenvalue weighted by Gasteiger charge is -2.09. The highest BCUT2D eigenvalue weighted by Crippen LogP contribution is 2.26. The Morgan fingerprint density at radius 1 is 1.41 bits per heavy atom. The van der Waals surface area contributed by atoms with E-state index in [0.29, 0.717) is 5.82 Å². The predicted molar refractivity (Wildman–Crippen MR) is 59.7 cm³/mol. The van der Waals surface area contributed by atoms with Gasteiger partial charge in [-0.3, -0.25) is 4.68 Å².